The van der Waals surface area contributed by atoms with Gasteiger partial charge in [0.2, 0.25) is 5.91 Å². The number of sulfonamides is 1. The summed E-state index contributed by atoms with van der Waals surface area (Å²) in [6, 6.07) is 12.5. The number of anilines is 2. The fraction of sp³-hybridized carbons (Fsp3) is 0.318. The van der Waals surface area contributed by atoms with Crippen LogP contribution in [0.5, 0.6) is 0 Å². The van der Waals surface area contributed by atoms with Gasteiger partial charge in [0.05, 0.1) is 10.6 Å². The summed E-state index contributed by atoms with van der Waals surface area (Å²) < 4.78 is 27.5. The number of rotatable bonds is 6. The Hall–Kier alpha value is -3.40. The van der Waals surface area contributed by atoms with Crippen molar-refractivity contribution >= 4 is 39.2 Å². The van der Waals surface area contributed by atoms with E-state index < -0.39 is 33.5 Å². The smallest absolute Gasteiger partial charge is 0.324 e. The molecular formula is C22H24N4O5S. The molecule has 3 N–H and O–H groups in total. The van der Waals surface area contributed by atoms with E-state index in [0.29, 0.717) is 18.5 Å². The molecule has 1 spiro atoms. The zero-order chi connectivity index (χ0) is 22.9. The number of hydrogen-bond acceptors (Lipinski definition) is 5. The summed E-state index contributed by atoms with van der Waals surface area (Å²) in [7, 11) is -3.78. The maximum absolute atomic E-state index is 12.9. The normalized spacial score (nSPS) is 18.5. The van der Waals surface area contributed by atoms with Gasteiger partial charge in [0.25, 0.3) is 15.9 Å². The van der Waals surface area contributed by atoms with Gasteiger partial charge in [0, 0.05) is 5.69 Å². The van der Waals surface area contributed by atoms with Crippen molar-refractivity contribution < 1.29 is 22.8 Å². The lowest BCUT2D eigenvalue weighted by atomic mass is 9.97. The highest BCUT2D eigenvalue weighted by atomic mass is 32.2. The van der Waals surface area contributed by atoms with Crippen molar-refractivity contribution in [1.29, 1.82) is 0 Å². The van der Waals surface area contributed by atoms with Gasteiger partial charge in [-0.1, -0.05) is 37.1 Å². The Balaban J connectivity index is 1.46. The highest BCUT2D eigenvalue weighted by molar-refractivity contribution is 7.92. The van der Waals surface area contributed by atoms with Gasteiger partial charge in [0.15, 0.2) is 0 Å². The maximum atomic E-state index is 12.9. The second kappa shape index (κ2) is 8.27. The van der Waals surface area contributed by atoms with Crippen molar-refractivity contribution in [3.05, 3.63) is 54.6 Å². The van der Waals surface area contributed by atoms with Crippen molar-refractivity contribution in [2.45, 2.75) is 49.1 Å². The van der Waals surface area contributed by atoms with E-state index in [1.54, 1.807) is 36.4 Å². The number of amides is 4. The van der Waals surface area contributed by atoms with Crippen LogP contribution >= 0.6 is 0 Å². The molecule has 10 heteroatoms. The van der Waals surface area contributed by atoms with Gasteiger partial charge in [-0.25, -0.2) is 18.1 Å². The van der Waals surface area contributed by atoms with Gasteiger partial charge >= 0.3 is 6.03 Å². The lowest BCUT2D eigenvalue weighted by Gasteiger charge is -2.23. The van der Waals surface area contributed by atoms with E-state index in [-0.39, 0.29) is 16.5 Å². The zero-order valence-electron chi connectivity index (χ0n) is 17.5. The van der Waals surface area contributed by atoms with Crippen LogP contribution in [0.4, 0.5) is 16.2 Å². The monoisotopic (exact) mass is 456 g/mol. The molecule has 4 rings (SSSR count). The molecule has 1 aliphatic carbocycles. The van der Waals surface area contributed by atoms with Crippen molar-refractivity contribution in [2.24, 2.45) is 0 Å². The Morgan fingerprint density at radius 2 is 1.69 bits per heavy atom. The predicted octanol–water partition coefficient (Wildman–Crippen LogP) is 2.68. The second-order valence-corrected chi connectivity index (χ2v) is 9.74. The molecule has 0 radical (unpaired) electrons. The number of imide groups is 1. The van der Waals surface area contributed by atoms with E-state index in [9.17, 15) is 22.8 Å². The number of hydrogen-bond donors (Lipinski definition) is 3. The molecular weight excluding hydrogens is 432 g/mol. The summed E-state index contributed by atoms with van der Waals surface area (Å²) >= 11 is 0. The van der Waals surface area contributed by atoms with E-state index in [1.165, 1.54) is 25.1 Å². The first-order chi connectivity index (χ1) is 15.2. The third-order valence-corrected chi connectivity index (χ3v) is 7.25. The third kappa shape index (κ3) is 4.05. The van der Waals surface area contributed by atoms with Crippen molar-refractivity contribution in [2.75, 3.05) is 10.0 Å². The van der Waals surface area contributed by atoms with Gasteiger partial charge < -0.3 is 10.6 Å². The van der Waals surface area contributed by atoms with Gasteiger partial charge in [-0.2, -0.15) is 0 Å². The van der Waals surface area contributed by atoms with Crippen LogP contribution in [0.25, 0.3) is 0 Å². The molecule has 0 aromatic heterocycles. The standard InChI is InChI=1S/C22H24N4O5S/c1-15(26-20(28)22(24-21(26)29)12-5-6-13-22)19(27)23-16-8-7-9-17(14-16)25-32(30,31)18-10-3-2-4-11-18/h2-4,7-11,14-15,25H,5-6,12-13H2,1H3,(H,23,27)(H,24,29). The molecule has 9 nitrogen and oxygen atoms in total. The topological polar surface area (TPSA) is 125 Å². The van der Waals surface area contributed by atoms with Crippen LogP contribution < -0.4 is 15.4 Å². The molecule has 2 aromatic rings. The van der Waals surface area contributed by atoms with Gasteiger partial charge in [-0.15, -0.1) is 0 Å². The average Bonchev–Trinajstić information content (AvgIpc) is 3.32. The van der Waals surface area contributed by atoms with Crippen molar-refractivity contribution in [3.8, 4) is 0 Å². The van der Waals surface area contributed by atoms with E-state index >= 15 is 0 Å². The van der Waals surface area contributed by atoms with Crippen molar-refractivity contribution in [3.63, 3.8) is 0 Å². The summed E-state index contributed by atoms with van der Waals surface area (Å²) in [4.78, 5) is 39.2. The molecule has 2 aliphatic rings. The molecule has 0 bridgehead atoms. The largest absolute Gasteiger partial charge is 0.325 e. The Morgan fingerprint density at radius 3 is 2.38 bits per heavy atom. The number of benzene rings is 2. The van der Waals surface area contributed by atoms with E-state index in [0.717, 1.165) is 17.7 Å². The minimum Gasteiger partial charge on any atom is -0.324 e. The summed E-state index contributed by atoms with van der Waals surface area (Å²) in [5.74, 6) is -0.918. The second-order valence-electron chi connectivity index (χ2n) is 8.06. The molecule has 1 aliphatic heterocycles. The van der Waals surface area contributed by atoms with Gasteiger partial charge in [-0.05, 0) is 50.1 Å². The molecule has 1 heterocycles. The summed E-state index contributed by atoms with van der Waals surface area (Å²) in [6.45, 7) is 1.49. The Morgan fingerprint density at radius 1 is 1.03 bits per heavy atom. The highest BCUT2D eigenvalue weighted by Crippen LogP contribution is 2.35. The van der Waals surface area contributed by atoms with Crippen LogP contribution in [0.15, 0.2) is 59.5 Å². The number of carbonyl (C=O) groups excluding carboxylic acids is 3. The fourth-order valence-corrected chi connectivity index (χ4v) is 5.22. The van der Waals surface area contributed by atoms with Gasteiger partial charge in [0.1, 0.15) is 11.6 Å². The third-order valence-electron chi connectivity index (χ3n) is 5.85. The van der Waals surface area contributed by atoms with Crippen LogP contribution in [0.1, 0.15) is 32.6 Å². The molecule has 1 saturated heterocycles. The Bertz CT molecular complexity index is 1160. The number of nitrogens with zero attached hydrogens (tertiary/aromatic N) is 1. The van der Waals surface area contributed by atoms with Gasteiger partial charge in [-0.3, -0.25) is 14.3 Å². The molecule has 32 heavy (non-hydrogen) atoms. The molecule has 4 amide bonds. The molecule has 168 valence electrons. The summed E-state index contributed by atoms with van der Waals surface area (Å²) in [5, 5.41) is 5.42. The first-order valence-electron chi connectivity index (χ1n) is 10.4. The quantitative estimate of drug-likeness (QED) is 0.577. The lowest BCUT2D eigenvalue weighted by molar-refractivity contribution is -0.136. The molecule has 1 saturated carbocycles. The van der Waals surface area contributed by atoms with Crippen molar-refractivity contribution in [1.82, 2.24) is 10.2 Å². The molecule has 2 fully saturated rings. The van der Waals surface area contributed by atoms with Crippen LogP contribution in [0.2, 0.25) is 0 Å². The van der Waals surface area contributed by atoms with E-state index in [1.807, 2.05) is 0 Å². The molecule has 1 atom stereocenters. The zero-order valence-corrected chi connectivity index (χ0v) is 18.3. The van der Waals surface area contributed by atoms with Crippen LogP contribution in [-0.2, 0) is 19.6 Å². The average molecular weight is 457 g/mol. The van der Waals surface area contributed by atoms with E-state index in [2.05, 4.69) is 15.4 Å². The molecule has 1 unspecified atom stereocenters. The summed E-state index contributed by atoms with van der Waals surface area (Å²) in [6.07, 6.45) is 2.86. The van der Waals surface area contributed by atoms with Crippen LogP contribution in [-0.4, -0.2) is 42.7 Å². The number of urea groups is 1. The SMILES string of the molecule is CC(C(=O)Nc1cccc(NS(=O)(=O)c2ccccc2)c1)N1C(=O)NC2(CCCC2)C1=O. The van der Waals surface area contributed by atoms with Crippen LogP contribution in [0, 0.1) is 0 Å². The molecule has 2 aromatic carbocycles. The first-order valence-corrected chi connectivity index (χ1v) is 11.8. The predicted molar refractivity (Wildman–Crippen MR) is 118 cm³/mol. The minimum absolute atomic E-state index is 0.113. The fourth-order valence-electron chi connectivity index (χ4n) is 4.15. The van der Waals surface area contributed by atoms with Crippen LogP contribution in [0.3, 0.4) is 0 Å². The maximum Gasteiger partial charge on any atom is 0.325 e. The number of carbonyl (C=O) groups is 3. The summed E-state index contributed by atoms with van der Waals surface area (Å²) in [5.41, 5.74) is -0.293. The number of nitrogens with one attached hydrogen (secondary N) is 3. The first kappa shape index (κ1) is 21.8. The highest BCUT2D eigenvalue weighted by Gasteiger charge is 2.54. The lowest BCUT2D eigenvalue weighted by Crippen LogP contribution is -2.48. The Kier molecular flexibility index (Phi) is 5.64. The van der Waals surface area contributed by atoms with E-state index in [4.69, 9.17) is 0 Å². The minimum atomic E-state index is -3.78. The Labute approximate surface area is 186 Å².